The molecule has 0 fully saturated rings. The maximum Gasteiger partial charge on any atom is 0.339 e. The summed E-state index contributed by atoms with van der Waals surface area (Å²) < 4.78 is 10.2. The lowest BCUT2D eigenvalue weighted by Crippen LogP contribution is -2.29. The van der Waals surface area contributed by atoms with Crippen LogP contribution in [0.4, 0.5) is 10.5 Å². The molecule has 6 heteroatoms. The zero-order valence-corrected chi connectivity index (χ0v) is 11.1. The van der Waals surface area contributed by atoms with E-state index in [2.05, 4.69) is 10.6 Å². The van der Waals surface area contributed by atoms with Gasteiger partial charge in [-0.25, -0.2) is 9.59 Å². The highest BCUT2D eigenvalue weighted by Crippen LogP contribution is 2.18. The number of para-hydroxylation sites is 1. The van der Waals surface area contributed by atoms with Crippen LogP contribution >= 0.6 is 0 Å². The molecule has 1 heterocycles. The highest BCUT2D eigenvalue weighted by Gasteiger charge is 2.25. The topological polar surface area (TPSA) is 76.7 Å². The van der Waals surface area contributed by atoms with Gasteiger partial charge in [0.25, 0.3) is 0 Å². The second kappa shape index (κ2) is 6.60. The third-order valence-electron chi connectivity index (χ3n) is 2.65. The zero-order valence-electron chi connectivity index (χ0n) is 11.1. The van der Waals surface area contributed by atoms with E-state index in [0.717, 1.165) is 0 Å². The van der Waals surface area contributed by atoms with Crippen molar-refractivity contribution in [1.29, 1.82) is 0 Å². The van der Waals surface area contributed by atoms with E-state index in [-0.39, 0.29) is 12.5 Å². The van der Waals surface area contributed by atoms with Crippen molar-refractivity contribution in [3.63, 3.8) is 0 Å². The van der Waals surface area contributed by atoms with E-state index in [4.69, 9.17) is 9.47 Å². The van der Waals surface area contributed by atoms with Crippen LogP contribution in [0.2, 0.25) is 0 Å². The van der Waals surface area contributed by atoms with Crippen molar-refractivity contribution in [3.05, 3.63) is 41.8 Å². The Balaban J connectivity index is 1.99. The lowest BCUT2D eigenvalue weighted by Gasteiger charge is -2.09. The van der Waals surface area contributed by atoms with E-state index in [1.807, 2.05) is 18.2 Å². The number of ether oxygens (including phenoxy) is 2. The van der Waals surface area contributed by atoms with Gasteiger partial charge in [-0.15, -0.1) is 0 Å². The molecule has 6 nitrogen and oxygen atoms in total. The Morgan fingerprint density at radius 2 is 2.00 bits per heavy atom. The molecule has 0 saturated heterocycles. The van der Waals surface area contributed by atoms with Crippen LogP contribution in [-0.4, -0.2) is 25.2 Å². The van der Waals surface area contributed by atoms with Gasteiger partial charge >= 0.3 is 12.0 Å². The lowest BCUT2D eigenvalue weighted by molar-refractivity contribution is -0.138. The third kappa shape index (κ3) is 3.50. The summed E-state index contributed by atoms with van der Waals surface area (Å²) in [5.74, 6) is -0.295. The monoisotopic (exact) mass is 276 g/mol. The number of anilines is 1. The molecule has 0 spiro atoms. The number of amides is 2. The number of urea groups is 1. The van der Waals surface area contributed by atoms with Crippen molar-refractivity contribution < 1.29 is 19.1 Å². The summed E-state index contributed by atoms with van der Waals surface area (Å²) in [6.07, 6.45) is 0.430. The SMILES string of the molecule is CCOC(=O)C1=C(NC(=O)Nc2ccccc2)OCC1. The molecule has 0 aromatic heterocycles. The van der Waals surface area contributed by atoms with Crippen LogP contribution in [0.3, 0.4) is 0 Å². The van der Waals surface area contributed by atoms with Gasteiger partial charge < -0.3 is 14.8 Å². The molecule has 20 heavy (non-hydrogen) atoms. The number of rotatable bonds is 4. The van der Waals surface area contributed by atoms with Crippen molar-refractivity contribution in [1.82, 2.24) is 5.32 Å². The van der Waals surface area contributed by atoms with Crippen LogP contribution in [0.5, 0.6) is 0 Å². The molecule has 106 valence electrons. The average molecular weight is 276 g/mol. The van der Waals surface area contributed by atoms with Crippen LogP contribution in [0.1, 0.15) is 13.3 Å². The summed E-state index contributed by atoms with van der Waals surface area (Å²) in [7, 11) is 0. The fourth-order valence-corrected chi connectivity index (χ4v) is 1.77. The van der Waals surface area contributed by atoms with Crippen molar-refractivity contribution in [2.45, 2.75) is 13.3 Å². The van der Waals surface area contributed by atoms with Gasteiger partial charge in [0.2, 0.25) is 5.88 Å². The molecule has 0 radical (unpaired) electrons. The summed E-state index contributed by atoms with van der Waals surface area (Å²) in [6, 6.07) is 8.53. The summed E-state index contributed by atoms with van der Waals surface area (Å²) in [4.78, 5) is 23.5. The van der Waals surface area contributed by atoms with Gasteiger partial charge in [-0.3, -0.25) is 5.32 Å². The van der Waals surface area contributed by atoms with Crippen LogP contribution in [0.15, 0.2) is 41.8 Å². The average Bonchev–Trinajstić information content (AvgIpc) is 2.88. The summed E-state index contributed by atoms with van der Waals surface area (Å²) in [5.41, 5.74) is 1.01. The van der Waals surface area contributed by atoms with E-state index in [1.54, 1.807) is 19.1 Å². The van der Waals surface area contributed by atoms with Crippen LogP contribution < -0.4 is 10.6 Å². The van der Waals surface area contributed by atoms with Crippen LogP contribution in [-0.2, 0) is 14.3 Å². The first-order valence-corrected chi connectivity index (χ1v) is 6.37. The number of hydrogen-bond donors (Lipinski definition) is 2. The summed E-state index contributed by atoms with van der Waals surface area (Å²) in [6.45, 7) is 2.37. The number of carbonyl (C=O) groups is 2. The van der Waals surface area contributed by atoms with E-state index in [0.29, 0.717) is 24.3 Å². The Hall–Kier alpha value is -2.50. The van der Waals surface area contributed by atoms with Crippen molar-refractivity contribution in [2.75, 3.05) is 18.5 Å². The second-order valence-corrected chi connectivity index (χ2v) is 4.07. The maximum atomic E-state index is 11.8. The molecule has 1 aliphatic heterocycles. The smallest absolute Gasteiger partial charge is 0.339 e. The van der Waals surface area contributed by atoms with Gasteiger partial charge in [0.05, 0.1) is 13.2 Å². The number of esters is 1. The Bertz CT molecular complexity index is 525. The van der Waals surface area contributed by atoms with Gasteiger partial charge in [0.1, 0.15) is 5.57 Å². The normalized spacial score (nSPS) is 13.7. The zero-order chi connectivity index (χ0) is 14.4. The molecular formula is C14H16N2O4. The lowest BCUT2D eigenvalue weighted by atomic mass is 10.2. The molecule has 2 rings (SSSR count). The Morgan fingerprint density at radius 1 is 1.25 bits per heavy atom. The highest BCUT2D eigenvalue weighted by atomic mass is 16.5. The van der Waals surface area contributed by atoms with Gasteiger partial charge in [0.15, 0.2) is 0 Å². The molecule has 2 amide bonds. The summed E-state index contributed by atoms with van der Waals surface area (Å²) >= 11 is 0. The quantitative estimate of drug-likeness (QED) is 0.825. The Kier molecular flexibility index (Phi) is 4.60. The van der Waals surface area contributed by atoms with E-state index in [1.165, 1.54) is 0 Å². The molecule has 0 unspecified atom stereocenters. The molecule has 1 aromatic rings. The number of carbonyl (C=O) groups excluding carboxylic acids is 2. The molecule has 0 atom stereocenters. The van der Waals surface area contributed by atoms with Crippen molar-refractivity contribution >= 4 is 17.7 Å². The molecule has 0 bridgehead atoms. The Labute approximate surface area is 116 Å². The third-order valence-corrected chi connectivity index (χ3v) is 2.65. The van der Waals surface area contributed by atoms with Crippen LogP contribution in [0, 0.1) is 0 Å². The molecule has 0 aliphatic carbocycles. The minimum Gasteiger partial charge on any atom is -0.478 e. The van der Waals surface area contributed by atoms with Gasteiger partial charge in [-0.05, 0) is 19.1 Å². The minimum atomic E-state index is -0.463. The largest absolute Gasteiger partial charge is 0.478 e. The van der Waals surface area contributed by atoms with Crippen molar-refractivity contribution in [2.24, 2.45) is 0 Å². The highest BCUT2D eigenvalue weighted by molar-refractivity contribution is 5.93. The first-order valence-electron chi connectivity index (χ1n) is 6.37. The number of benzene rings is 1. The van der Waals surface area contributed by atoms with Crippen molar-refractivity contribution in [3.8, 4) is 0 Å². The fraction of sp³-hybridized carbons (Fsp3) is 0.286. The van der Waals surface area contributed by atoms with E-state index >= 15 is 0 Å². The number of hydrogen-bond acceptors (Lipinski definition) is 4. The molecule has 2 N–H and O–H groups in total. The summed E-state index contributed by atoms with van der Waals surface area (Å²) in [5, 5.41) is 5.17. The Morgan fingerprint density at radius 3 is 2.70 bits per heavy atom. The first kappa shape index (κ1) is 13.9. The predicted octanol–water partition coefficient (Wildman–Crippen LogP) is 2.00. The van der Waals surface area contributed by atoms with E-state index < -0.39 is 12.0 Å². The fourth-order valence-electron chi connectivity index (χ4n) is 1.77. The van der Waals surface area contributed by atoms with Crippen LogP contribution in [0.25, 0.3) is 0 Å². The second-order valence-electron chi connectivity index (χ2n) is 4.07. The van der Waals surface area contributed by atoms with Gasteiger partial charge in [-0.1, -0.05) is 18.2 Å². The number of nitrogens with one attached hydrogen (secondary N) is 2. The molecular weight excluding hydrogens is 260 g/mol. The molecule has 1 aliphatic rings. The van der Waals surface area contributed by atoms with Gasteiger partial charge in [-0.2, -0.15) is 0 Å². The molecule has 0 saturated carbocycles. The maximum absolute atomic E-state index is 11.8. The predicted molar refractivity (Wildman–Crippen MR) is 72.8 cm³/mol. The van der Waals surface area contributed by atoms with E-state index in [9.17, 15) is 9.59 Å². The first-order chi connectivity index (χ1) is 9.70. The minimum absolute atomic E-state index is 0.164. The standard InChI is InChI=1S/C14H16N2O4/c1-2-19-13(17)11-8-9-20-12(11)16-14(18)15-10-6-4-3-5-7-10/h3-7H,2,8-9H2,1H3,(H2,15,16,18). The van der Waals surface area contributed by atoms with Gasteiger partial charge in [0, 0.05) is 12.1 Å². The molecule has 1 aromatic carbocycles.